The average molecular weight is 226 g/mol. The Morgan fingerprint density at radius 2 is 2.15 bits per heavy atom. The smallest absolute Gasteiger partial charge is 0.327 e. The largest absolute Gasteiger partial charge is 0.433 e. The first kappa shape index (κ1) is 10.6. The molecule has 7 heteroatoms. The van der Waals surface area contributed by atoms with E-state index in [0.717, 1.165) is 23.8 Å². The van der Waals surface area contributed by atoms with Crippen LogP contribution in [-0.2, 0) is 6.18 Å². The molecule has 1 heterocycles. The molecule has 0 bridgehead atoms. The van der Waals surface area contributed by atoms with Crippen molar-refractivity contribution in [3.8, 4) is 0 Å². The highest BCUT2D eigenvalue weighted by atomic mass is 32.7. The number of halogens is 3. The highest BCUT2D eigenvalue weighted by Gasteiger charge is 2.32. The van der Waals surface area contributed by atoms with E-state index in [-0.39, 0.29) is 0 Å². The molecule has 1 aromatic heterocycles. The van der Waals surface area contributed by atoms with Crippen molar-refractivity contribution in [2.45, 2.75) is 6.18 Å². The van der Waals surface area contributed by atoms with Crippen molar-refractivity contribution in [2.75, 3.05) is 4.72 Å². The van der Waals surface area contributed by atoms with Gasteiger partial charge in [-0.15, -0.1) is 0 Å². The lowest BCUT2D eigenvalue weighted by molar-refractivity contribution is -0.141. The maximum Gasteiger partial charge on any atom is 0.433 e. The van der Waals surface area contributed by atoms with Gasteiger partial charge in [-0.25, -0.2) is 0 Å². The van der Waals surface area contributed by atoms with Crippen LogP contribution in [0.1, 0.15) is 5.69 Å². The molecule has 1 rings (SSSR count). The lowest BCUT2D eigenvalue weighted by atomic mass is 10.3. The van der Waals surface area contributed by atoms with Gasteiger partial charge < -0.3 is 4.72 Å². The number of nitrogens with one attached hydrogen (secondary N) is 1. The first-order chi connectivity index (χ1) is 6.04. The van der Waals surface area contributed by atoms with Gasteiger partial charge in [0.2, 0.25) is 0 Å². The van der Waals surface area contributed by atoms with Gasteiger partial charge in [0.05, 0.1) is 0 Å². The van der Waals surface area contributed by atoms with Gasteiger partial charge in [-0.05, 0) is 23.7 Å². The molecule has 0 saturated carbocycles. The van der Waals surface area contributed by atoms with E-state index in [4.69, 9.17) is 0 Å². The van der Waals surface area contributed by atoms with Gasteiger partial charge in [0.1, 0.15) is 5.69 Å². The molecule has 0 fully saturated rings. The third kappa shape index (κ3) is 3.04. The van der Waals surface area contributed by atoms with E-state index in [1.165, 1.54) is 6.07 Å². The molecule has 1 atom stereocenters. The van der Waals surface area contributed by atoms with Crippen molar-refractivity contribution in [3.05, 3.63) is 24.0 Å². The first-order valence-electron chi connectivity index (χ1n) is 3.19. The maximum atomic E-state index is 12.1. The molecule has 0 aliphatic heterocycles. The van der Waals surface area contributed by atoms with Crippen molar-refractivity contribution in [3.63, 3.8) is 0 Å². The van der Waals surface area contributed by atoms with Gasteiger partial charge in [0.15, 0.2) is 0 Å². The van der Waals surface area contributed by atoms with E-state index in [1.807, 2.05) is 0 Å². The number of hydrogen-bond acceptors (Lipinski definition) is 3. The van der Waals surface area contributed by atoms with E-state index in [2.05, 4.69) is 18.1 Å². The van der Waals surface area contributed by atoms with Gasteiger partial charge >= 0.3 is 6.18 Å². The fraction of sp³-hybridized carbons (Fsp3) is 0.167. The molecule has 0 amide bonds. The Bertz CT molecular complexity index is 291. The van der Waals surface area contributed by atoms with E-state index >= 15 is 0 Å². The Balaban J connectivity index is 2.92. The van der Waals surface area contributed by atoms with Crippen molar-refractivity contribution in [2.24, 2.45) is 0 Å². The van der Waals surface area contributed by atoms with Crippen LogP contribution in [0.3, 0.4) is 0 Å². The molecular formula is C6H6F3N2PS. The van der Waals surface area contributed by atoms with Gasteiger partial charge in [-0.3, -0.25) is 4.98 Å². The molecule has 2 nitrogen and oxygen atoms in total. The second-order valence-corrected chi connectivity index (χ2v) is 3.29. The molecule has 1 aromatic rings. The molecule has 1 unspecified atom stereocenters. The quantitative estimate of drug-likeness (QED) is 0.619. The molecule has 72 valence electrons. The van der Waals surface area contributed by atoms with E-state index in [0.29, 0.717) is 5.69 Å². The van der Waals surface area contributed by atoms with Crippen LogP contribution in [0, 0.1) is 0 Å². The molecule has 13 heavy (non-hydrogen) atoms. The highest BCUT2D eigenvalue weighted by molar-refractivity contribution is 8.44. The second-order valence-electron chi connectivity index (χ2n) is 2.15. The molecule has 0 spiro atoms. The number of anilines is 1. The van der Waals surface area contributed by atoms with Crippen LogP contribution in [-0.4, -0.2) is 4.98 Å². The monoisotopic (exact) mass is 226 g/mol. The minimum atomic E-state index is -4.39. The minimum absolute atomic E-state index is 0.377. The molecule has 0 radical (unpaired) electrons. The zero-order chi connectivity index (χ0) is 9.90. The van der Waals surface area contributed by atoms with E-state index < -0.39 is 11.9 Å². The summed E-state index contributed by atoms with van der Waals surface area (Å²) in [5.41, 5.74) is -0.515. The van der Waals surface area contributed by atoms with Crippen molar-refractivity contribution < 1.29 is 13.2 Å². The lowest BCUT2D eigenvalue weighted by Crippen LogP contribution is -2.07. The van der Waals surface area contributed by atoms with Crippen LogP contribution in [0.15, 0.2) is 18.3 Å². The van der Waals surface area contributed by atoms with Gasteiger partial charge in [-0.2, -0.15) is 13.2 Å². The Hall–Kier alpha value is -0.480. The third-order valence-electron chi connectivity index (χ3n) is 1.23. The number of nitrogens with zero attached hydrogens (tertiary/aromatic N) is 1. The molecular weight excluding hydrogens is 220 g/mol. The fourth-order valence-corrected chi connectivity index (χ4v) is 1.39. The highest BCUT2D eigenvalue weighted by Crippen LogP contribution is 2.29. The second kappa shape index (κ2) is 4.15. The van der Waals surface area contributed by atoms with E-state index in [1.54, 1.807) is 0 Å². The number of aromatic nitrogens is 1. The van der Waals surface area contributed by atoms with Gasteiger partial charge in [-0.1, -0.05) is 8.44 Å². The standard InChI is InChI=1S/C6H6F3N2PS/c7-6(8,9)5-3-4(11-13-12)1-2-10-5/h1-3H,12H2,(H,10,11). The summed E-state index contributed by atoms with van der Waals surface area (Å²) in [6, 6.07) is 2.42. The van der Waals surface area contributed by atoms with Crippen molar-refractivity contribution in [1.82, 2.24) is 4.98 Å². The molecule has 0 aliphatic carbocycles. The predicted molar refractivity (Wildman–Crippen MR) is 50.2 cm³/mol. The minimum Gasteiger partial charge on any atom is -0.327 e. The molecule has 0 aliphatic rings. The summed E-state index contributed by atoms with van der Waals surface area (Å²) >= 11 is 1.15. The van der Waals surface area contributed by atoms with Gasteiger partial charge in [0, 0.05) is 11.9 Å². The normalized spacial score (nSPS) is 11.4. The Kier molecular flexibility index (Phi) is 3.39. The number of alkyl halides is 3. The van der Waals surface area contributed by atoms with Crippen LogP contribution >= 0.6 is 20.0 Å². The molecule has 1 N–H and O–H groups in total. The lowest BCUT2D eigenvalue weighted by Gasteiger charge is -2.07. The Morgan fingerprint density at radius 3 is 2.69 bits per heavy atom. The van der Waals surface area contributed by atoms with Crippen LogP contribution in [0.5, 0.6) is 0 Å². The summed E-state index contributed by atoms with van der Waals surface area (Å²) in [7, 11) is 2.28. The number of pyridine rings is 1. The first-order valence-corrected chi connectivity index (χ1v) is 5.48. The summed E-state index contributed by atoms with van der Waals surface area (Å²) in [6.45, 7) is 0. The summed E-state index contributed by atoms with van der Waals surface area (Å²) < 4.78 is 39.0. The van der Waals surface area contributed by atoms with E-state index in [9.17, 15) is 13.2 Å². The SMILES string of the molecule is FC(F)(F)c1cc(NSP)ccn1. The molecule has 0 aromatic carbocycles. The Labute approximate surface area is 79.4 Å². The fourth-order valence-electron chi connectivity index (χ4n) is 0.717. The molecule has 0 saturated heterocycles. The summed E-state index contributed by atoms with van der Waals surface area (Å²) in [6.07, 6.45) is -3.27. The third-order valence-corrected chi connectivity index (χ3v) is 1.93. The Morgan fingerprint density at radius 1 is 1.46 bits per heavy atom. The van der Waals surface area contributed by atoms with Crippen molar-refractivity contribution >= 4 is 25.7 Å². The summed E-state index contributed by atoms with van der Waals surface area (Å²) in [5, 5.41) is 0. The zero-order valence-corrected chi connectivity index (χ0v) is 8.27. The topological polar surface area (TPSA) is 24.9 Å². The number of rotatable bonds is 2. The number of hydrogen-bond donors (Lipinski definition) is 1. The van der Waals surface area contributed by atoms with Crippen LogP contribution < -0.4 is 4.72 Å². The zero-order valence-electron chi connectivity index (χ0n) is 6.30. The summed E-state index contributed by atoms with van der Waals surface area (Å²) in [4.78, 5) is 3.21. The predicted octanol–water partition coefficient (Wildman–Crippen LogP) is 2.95. The van der Waals surface area contributed by atoms with Gasteiger partial charge in [0.25, 0.3) is 0 Å². The van der Waals surface area contributed by atoms with Crippen LogP contribution in [0.25, 0.3) is 0 Å². The van der Waals surface area contributed by atoms with Crippen molar-refractivity contribution in [1.29, 1.82) is 0 Å². The van der Waals surface area contributed by atoms with Crippen LogP contribution in [0.4, 0.5) is 18.9 Å². The summed E-state index contributed by atoms with van der Waals surface area (Å²) in [5.74, 6) is 0. The maximum absolute atomic E-state index is 12.1. The van der Waals surface area contributed by atoms with Crippen LogP contribution in [0.2, 0.25) is 0 Å². The average Bonchev–Trinajstić information content (AvgIpc) is 2.04.